The molecule has 2 aromatic carbocycles. The molecule has 0 fully saturated rings. The number of nitrogens with zero attached hydrogens (tertiary/aromatic N) is 4. The fraction of sp³-hybridized carbons (Fsp3) is 0.200. The number of nitrogens with one attached hydrogen (secondary N) is 1. The number of rotatable bonds is 8. The van der Waals surface area contributed by atoms with Gasteiger partial charge in [-0.25, -0.2) is 5.43 Å². The summed E-state index contributed by atoms with van der Waals surface area (Å²) in [4.78, 5) is 12.1. The standard InChI is InChI=1S/C20H20BrN5O2S/c1-3-26-19(15-7-9-16(21)10-8-15)24-25-20(26)29-13-18(27)23-22-12-14-5-4-6-17(11-14)28-2/h4-12H,3,13H2,1-2H3,(H,23,27)/b22-12+. The van der Waals surface area contributed by atoms with Gasteiger partial charge in [-0.3, -0.25) is 4.79 Å². The minimum Gasteiger partial charge on any atom is -0.497 e. The molecule has 9 heteroatoms. The summed E-state index contributed by atoms with van der Waals surface area (Å²) in [6.45, 7) is 2.73. The molecule has 0 aliphatic heterocycles. The van der Waals surface area contributed by atoms with Gasteiger partial charge in [-0.1, -0.05) is 52.0 Å². The zero-order chi connectivity index (χ0) is 20.6. The van der Waals surface area contributed by atoms with Crippen LogP contribution in [0.1, 0.15) is 12.5 Å². The van der Waals surface area contributed by atoms with Crippen molar-refractivity contribution >= 4 is 39.8 Å². The molecule has 0 saturated heterocycles. The molecule has 0 spiro atoms. The Balaban J connectivity index is 1.58. The molecule has 0 aliphatic rings. The van der Waals surface area contributed by atoms with Gasteiger partial charge in [0.05, 0.1) is 19.1 Å². The Morgan fingerprint density at radius 3 is 2.79 bits per heavy atom. The molecule has 7 nitrogen and oxygen atoms in total. The van der Waals surface area contributed by atoms with Gasteiger partial charge in [-0.2, -0.15) is 5.10 Å². The van der Waals surface area contributed by atoms with E-state index in [4.69, 9.17) is 4.74 Å². The van der Waals surface area contributed by atoms with Crippen LogP contribution >= 0.6 is 27.7 Å². The molecule has 150 valence electrons. The van der Waals surface area contributed by atoms with Crippen molar-refractivity contribution in [3.05, 3.63) is 58.6 Å². The maximum Gasteiger partial charge on any atom is 0.250 e. The third-order valence-electron chi connectivity index (χ3n) is 3.96. The number of ether oxygens (including phenoxy) is 1. The number of halogens is 1. The van der Waals surface area contributed by atoms with Gasteiger partial charge in [0.15, 0.2) is 11.0 Å². The molecule has 0 unspecified atom stereocenters. The van der Waals surface area contributed by atoms with Gasteiger partial charge in [0.25, 0.3) is 5.91 Å². The predicted molar refractivity (Wildman–Crippen MR) is 118 cm³/mol. The zero-order valence-corrected chi connectivity index (χ0v) is 18.4. The lowest BCUT2D eigenvalue weighted by molar-refractivity contribution is -0.118. The highest BCUT2D eigenvalue weighted by molar-refractivity contribution is 9.10. The highest BCUT2D eigenvalue weighted by Crippen LogP contribution is 2.25. The summed E-state index contributed by atoms with van der Waals surface area (Å²) in [5, 5.41) is 13.2. The van der Waals surface area contributed by atoms with E-state index in [9.17, 15) is 4.79 Å². The zero-order valence-electron chi connectivity index (χ0n) is 16.0. The van der Waals surface area contributed by atoms with Gasteiger partial charge < -0.3 is 9.30 Å². The molecule has 1 N–H and O–H groups in total. The molecule has 3 rings (SSSR count). The molecule has 1 amide bonds. The third-order valence-corrected chi connectivity index (χ3v) is 5.46. The number of hydrogen-bond donors (Lipinski definition) is 1. The molecule has 0 bridgehead atoms. The first-order valence-corrected chi connectivity index (χ1v) is 10.7. The molecule has 3 aromatic rings. The van der Waals surface area contributed by atoms with E-state index >= 15 is 0 Å². The Hall–Kier alpha value is -2.65. The van der Waals surface area contributed by atoms with E-state index in [1.807, 2.05) is 60.0 Å². The second-order valence-electron chi connectivity index (χ2n) is 5.92. The number of carbonyl (C=O) groups is 1. The number of aromatic nitrogens is 3. The van der Waals surface area contributed by atoms with Crippen LogP contribution in [-0.2, 0) is 11.3 Å². The number of amides is 1. The highest BCUT2D eigenvalue weighted by atomic mass is 79.9. The smallest absolute Gasteiger partial charge is 0.250 e. The monoisotopic (exact) mass is 473 g/mol. The minimum absolute atomic E-state index is 0.188. The van der Waals surface area contributed by atoms with Crippen LogP contribution in [0, 0.1) is 0 Å². The third kappa shape index (κ3) is 5.68. The second kappa shape index (κ2) is 10.2. The first kappa shape index (κ1) is 21.1. The van der Waals surface area contributed by atoms with E-state index in [0.717, 1.165) is 27.2 Å². The summed E-state index contributed by atoms with van der Waals surface area (Å²) in [6.07, 6.45) is 1.57. The molecule has 0 saturated carbocycles. The largest absolute Gasteiger partial charge is 0.497 e. The first-order valence-electron chi connectivity index (χ1n) is 8.88. The highest BCUT2D eigenvalue weighted by Gasteiger charge is 2.14. The van der Waals surface area contributed by atoms with E-state index in [1.165, 1.54) is 11.8 Å². The Morgan fingerprint density at radius 2 is 2.07 bits per heavy atom. The summed E-state index contributed by atoms with van der Waals surface area (Å²) in [5.41, 5.74) is 4.34. The second-order valence-corrected chi connectivity index (χ2v) is 7.77. The number of carbonyl (C=O) groups excluding carboxylic acids is 1. The average molecular weight is 474 g/mol. The minimum atomic E-state index is -0.218. The Morgan fingerprint density at radius 1 is 1.28 bits per heavy atom. The molecule has 0 aliphatic carbocycles. The Bertz CT molecular complexity index is 1000. The molecule has 29 heavy (non-hydrogen) atoms. The average Bonchev–Trinajstić information content (AvgIpc) is 3.16. The lowest BCUT2D eigenvalue weighted by Gasteiger charge is -2.07. The summed E-state index contributed by atoms with van der Waals surface area (Å²) in [5.74, 6) is 1.48. The van der Waals surface area contributed by atoms with Crippen LogP contribution in [0.15, 0.2) is 63.3 Å². The molecular weight excluding hydrogens is 454 g/mol. The van der Waals surface area contributed by atoms with Crippen LogP contribution in [0.2, 0.25) is 0 Å². The Labute approximate surface area is 181 Å². The predicted octanol–water partition coefficient (Wildman–Crippen LogP) is 3.98. The number of thioether (sulfide) groups is 1. The summed E-state index contributed by atoms with van der Waals surface area (Å²) in [7, 11) is 1.60. The van der Waals surface area contributed by atoms with E-state index < -0.39 is 0 Å². The van der Waals surface area contributed by atoms with Gasteiger partial charge in [-0.15, -0.1) is 10.2 Å². The van der Waals surface area contributed by atoms with Crippen molar-refractivity contribution in [2.24, 2.45) is 5.10 Å². The van der Waals surface area contributed by atoms with Crippen LogP contribution in [0.5, 0.6) is 5.75 Å². The fourth-order valence-corrected chi connectivity index (χ4v) is 3.62. The van der Waals surface area contributed by atoms with Gasteiger partial charge in [0.1, 0.15) is 5.75 Å². The van der Waals surface area contributed by atoms with E-state index in [2.05, 4.69) is 36.7 Å². The molecular formula is C20H20BrN5O2S. The summed E-state index contributed by atoms with van der Waals surface area (Å²) in [6, 6.07) is 15.3. The van der Waals surface area contributed by atoms with Crippen molar-refractivity contribution < 1.29 is 9.53 Å². The Kier molecular flexibility index (Phi) is 7.42. The quantitative estimate of drug-likeness (QED) is 0.304. The van der Waals surface area contributed by atoms with Gasteiger partial charge in [0, 0.05) is 16.6 Å². The lowest BCUT2D eigenvalue weighted by atomic mass is 10.2. The fourth-order valence-electron chi connectivity index (χ4n) is 2.56. The summed E-state index contributed by atoms with van der Waals surface area (Å²) < 4.78 is 8.15. The van der Waals surface area contributed by atoms with Crippen molar-refractivity contribution in [2.45, 2.75) is 18.6 Å². The SMILES string of the molecule is CCn1c(SCC(=O)N/N=C/c2cccc(OC)c2)nnc1-c1ccc(Br)cc1. The van der Waals surface area contributed by atoms with Crippen LogP contribution < -0.4 is 10.2 Å². The van der Waals surface area contributed by atoms with Crippen molar-refractivity contribution in [2.75, 3.05) is 12.9 Å². The van der Waals surface area contributed by atoms with Crippen LogP contribution in [0.25, 0.3) is 11.4 Å². The number of benzene rings is 2. The van der Waals surface area contributed by atoms with Crippen LogP contribution in [-0.4, -0.2) is 39.7 Å². The van der Waals surface area contributed by atoms with Crippen molar-refractivity contribution in [3.63, 3.8) is 0 Å². The summed E-state index contributed by atoms with van der Waals surface area (Å²) >= 11 is 4.76. The molecule has 0 atom stereocenters. The van der Waals surface area contributed by atoms with E-state index in [-0.39, 0.29) is 11.7 Å². The lowest BCUT2D eigenvalue weighted by Crippen LogP contribution is -2.20. The first-order chi connectivity index (χ1) is 14.1. The normalized spacial score (nSPS) is 11.0. The molecule has 0 radical (unpaired) electrons. The van der Waals surface area contributed by atoms with Gasteiger partial charge in [-0.05, 0) is 36.8 Å². The number of hydrogen-bond acceptors (Lipinski definition) is 6. The van der Waals surface area contributed by atoms with Crippen LogP contribution in [0.3, 0.4) is 0 Å². The van der Waals surface area contributed by atoms with Crippen molar-refractivity contribution in [1.82, 2.24) is 20.2 Å². The molecule has 1 heterocycles. The van der Waals surface area contributed by atoms with E-state index in [1.54, 1.807) is 13.3 Å². The van der Waals surface area contributed by atoms with Crippen molar-refractivity contribution in [3.8, 4) is 17.1 Å². The van der Waals surface area contributed by atoms with Gasteiger partial charge in [0.2, 0.25) is 0 Å². The number of hydrazone groups is 1. The topological polar surface area (TPSA) is 81.4 Å². The van der Waals surface area contributed by atoms with Crippen LogP contribution in [0.4, 0.5) is 0 Å². The number of methoxy groups -OCH3 is 1. The van der Waals surface area contributed by atoms with Gasteiger partial charge >= 0.3 is 0 Å². The van der Waals surface area contributed by atoms with Crippen molar-refractivity contribution in [1.29, 1.82) is 0 Å². The van der Waals surface area contributed by atoms with E-state index in [0.29, 0.717) is 11.7 Å². The molecule has 1 aromatic heterocycles. The maximum atomic E-state index is 12.1. The maximum absolute atomic E-state index is 12.1.